The molecule has 1 nitrogen and oxygen atoms in total. The summed E-state index contributed by atoms with van der Waals surface area (Å²) in [6.07, 6.45) is 4.22. The number of hydrogen-bond donors (Lipinski definition) is 1. The molecular formula is C11H14O. The molecule has 0 aromatic rings. The molecule has 2 saturated carbocycles. The van der Waals surface area contributed by atoms with Crippen molar-refractivity contribution in [2.24, 2.45) is 22.7 Å². The lowest BCUT2D eigenvalue weighted by Crippen LogP contribution is -2.37. The van der Waals surface area contributed by atoms with E-state index in [0.29, 0.717) is 11.8 Å². The average molecular weight is 162 g/mol. The van der Waals surface area contributed by atoms with E-state index in [1.807, 2.05) is 0 Å². The SMILES string of the molecule is C=C1[C@@H]2[C@@H]3C=C[C@@]1(C)C(O)C23C. The van der Waals surface area contributed by atoms with Crippen molar-refractivity contribution in [3.05, 3.63) is 24.3 Å². The van der Waals surface area contributed by atoms with E-state index < -0.39 is 0 Å². The van der Waals surface area contributed by atoms with Gasteiger partial charge >= 0.3 is 0 Å². The zero-order valence-electron chi connectivity index (χ0n) is 7.54. The zero-order valence-corrected chi connectivity index (χ0v) is 7.54. The second kappa shape index (κ2) is 1.44. The molecular weight excluding hydrogens is 148 g/mol. The van der Waals surface area contributed by atoms with E-state index >= 15 is 0 Å². The van der Waals surface area contributed by atoms with Gasteiger partial charge in [0.05, 0.1) is 6.10 Å². The van der Waals surface area contributed by atoms with Crippen molar-refractivity contribution < 1.29 is 5.11 Å². The van der Waals surface area contributed by atoms with Crippen LogP contribution in [0, 0.1) is 22.7 Å². The van der Waals surface area contributed by atoms with Crippen LogP contribution in [0.2, 0.25) is 0 Å². The molecule has 1 heteroatoms. The molecule has 64 valence electrons. The van der Waals surface area contributed by atoms with E-state index in [2.05, 4.69) is 32.6 Å². The van der Waals surface area contributed by atoms with Crippen LogP contribution in [-0.4, -0.2) is 11.2 Å². The van der Waals surface area contributed by atoms with Gasteiger partial charge in [0.25, 0.3) is 0 Å². The maximum Gasteiger partial charge on any atom is 0.0730 e. The van der Waals surface area contributed by atoms with Gasteiger partial charge in [-0.15, -0.1) is 0 Å². The van der Waals surface area contributed by atoms with Gasteiger partial charge in [-0.25, -0.2) is 0 Å². The Morgan fingerprint density at radius 2 is 2.17 bits per heavy atom. The van der Waals surface area contributed by atoms with Crippen LogP contribution >= 0.6 is 0 Å². The molecule has 0 aromatic carbocycles. The smallest absolute Gasteiger partial charge is 0.0730 e. The first-order valence-electron chi connectivity index (χ1n) is 4.59. The molecule has 5 atom stereocenters. The molecule has 4 bridgehead atoms. The first-order valence-corrected chi connectivity index (χ1v) is 4.59. The van der Waals surface area contributed by atoms with Crippen LogP contribution in [-0.2, 0) is 0 Å². The van der Waals surface area contributed by atoms with E-state index in [0.717, 1.165) is 0 Å². The number of allylic oxidation sites excluding steroid dienone is 1. The number of aliphatic hydroxyl groups is 1. The van der Waals surface area contributed by atoms with Crippen LogP contribution in [0.15, 0.2) is 24.3 Å². The first-order chi connectivity index (χ1) is 5.53. The van der Waals surface area contributed by atoms with Crippen LogP contribution in [0.3, 0.4) is 0 Å². The van der Waals surface area contributed by atoms with E-state index in [-0.39, 0.29) is 16.9 Å². The van der Waals surface area contributed by atoms with Gasteiger partial charge < -0.3 is 5.11 Å². The Hall–Kier alpha value is -0.560. The quantitative estimate of drug-likeness (QED) is 0.538. The largest absolute Gasteiger partial charge is 0.391 e. The Kier molecular flexibility index (Phi) is 0.827. The number of aliphatic hydroxyl groups excluding tert-OH is 1. The summed E-state index contributed by atoms with van der Waals surface area (Å²) in [6, 6.07) is 0. The Morgan fingerprint density at radius 1 is 1.50 bits per heavy atom. The zero-order chi connectivity index (χ0) is 8.72. The summed E-state index contributed by atoms with van der Waals surface area (Å²) >= 11 is 0. The van der Waals surface area contributed by atoms with Crippen molar-refractivity contribution in [1.82, 2.24) is 0 Å². The van der Waals surface area contributed by atoms with Crippen molar-refractivity contribution in [1.29, 1.82) is 0 Å². The van der Waals surface area contributed by atoms with Crippen molar-refractivity contribution in [2.75, 3.05) is 0 Å². The highest BCUT2D eigenvalue weighted by atomic mass is 16.3. The Bertz CT molecular complexity index is 317. The minimum Gasteiger partial charge on any atom is -0.391 e. The summed E-state index contributed by atoms with van der Waals surface area (Å²) in [5, 5.41) is 10.1. The highest BCUT2D eigenvalue weighted by Crippen LogP contribution is 2.78. The monoisotopic (exact) mass is 162 g/mol. The fourth-order valence-corrected chi connectivity index (χ4v) is 3.49. The summed E-state index contributed by atoms with van der Waals surface area (Å²) in [7, 11) is 0. The standard InChI is InChI=1S/C11H14O/c1-6-8-7-4-5-10(6,2)9(12)11(7,8)3/h4-5,7-9,12H,1H2,2-3H3/t7-,8+,9?,10+,11?/m0/s1. The third kappa shape index (κ3) is 0.392. The van der Waals surface area contributed by atoms with Crippen LogP contribution in [0.5, 0.6) is 0 Å². The number of rotatable bonds is 0. The minimum atomic E-state index is -0.197. The van der Waals surface area contributed by atoms with Gasteiger partial charge in [-0.3, -0.25) is 0 Å². The highest BCUT2D eigenvalue weighted by Gasteiger charge is 2.76. The molecule has 4 aliphatic carbocycles. The van der Waals surface area contributed by atoms with Crippen LogP contribution in [0.4, 0.5) is 0 Å². The molecule has 0 aliphatic heterocycles. The fraction of sp³-hybridized carbons (Fsp3) is 0.636. The van der Waals surface area contributed by atoms with Crippen molar-refractivity contribution in [2.45, 2.75) is 20.0 Å². The molecule has 12 heavy (non-hydrogen) atoms. The second-order valence-corrected chi connectivity index (χ2v) is 4.94. The topological polar surface area (TPSA) is 20.2 Å². The van der Waals surface area contributed by atoms with Gasteiger partial charge in [-0.05, 0) is 18.8 Å². The lowest BCUT2D eigenvalue weighted by atomic mass is 9.71. The summed E-state index contributed by atoms with van der Waals surface area (Å²) in [4.78, 5) is 0. The van der Waals surface area contributed by atoms with E-state index in [1.165, 1.54) is 5.57 Å². The maximum absolute atomic E-state index is 10.1. The normalized spacial score (nSPS) is 65.6. The van der Waals surface area contributed by atoms with E-state index in [9.17, 15) is 5.11 Å². The van der Waals surface area contributed by atoms with E-state index in [4.69, 9.17) is 0 Å². The fourth-order valence-electron chi connectivity index (χ4n) is 3.49. The maximum atomic E-state index is 10.1. The van der Waals surface area contributed by atoms with Crippen LogP contribution in [0.25, 0.3) is 0 Å². The summed E-state index contributed by atoms with van der Waals surface area (Å²) < 4.78 is 0. The predicted octanol–water partition coefficient (Wildman–Crippen LogP) is 1.75. The Labute approximate surface area is 72.8 Å². The third-order valence-electron chi connectivity index (χ3n) is 4.51. The Morgan fingerprint density at radius 3 is 2.50 bits per heavy atom. The number of hydrogen-bond acceptors (Lipinski definition) is 1. The molecule has 0 spiro atoms. The van der Waals surface area contributed by atoms with Crippen LogP contribution < -0.4 is 0 Å². The van der Waals surface area contributed by atoms with Gasteiger partial charge in [0.15, 0.2) is 0 Å². The van der Waals surface area contributed by atoms with Crippen molar-refractivity contribution >= 4 is 0 Å². The lowest BCUT2D eigenvalue weighted by Gasteiger charge is -2.36. The van der Waals surface area contributed by atoms with Crippen molar-refractivity contribution in [3.8, 4) is 0 Å². The molecule has 4 aliphatic rings. The predicted molar refractivity (Wildman–Crippen MR) is 47.5 cm³/mol. The molecule has 0 saturated heterocycles. The third-order valence-corrected chi connectivity index (χ3v) is 4.51. The highest BCUT2D eigenvalue weighted by molar-refractivity contribution is 5.49. The van der Waals surface area contributed by atoms with Gasteiger partial charge in [0.2, 0.25) is 0 Å². The van der Waals surface area contributed by atoms with Gasteiger partial charge in [-0.2, -0.15) is 0 Å². The van der Waals surface area contributed by atoms with Gasteiger partial charge in [-0.1, -0.05) is 31.2 Å². The molecule has 1 N–H and O–H groups in total. The van der Waals surface area contributed by atoms with Gasteiger partial charge in [0, 0.05) is 10.8 Å². The first kappa shape index (κ1) is 6.90. The molecule has 0 amide bonds. The second-order valence-electron chi connectivity index (χ2n) is 4.94. The van der Waals surface area contributed by atoms with Gasteiger partial charge in [0.1, 0.15) is 0 Å². The average Bonchev–Trinajstić information content (AvgIpc) is 2.61. The van der Waals surface area contributed by atoms with Crippen LogP contribution in [0.1, 0.15) is 13.8 Å². The van der Waals surface area contributed by atoms with Crippen molar-refractivity contribution in [3.63, 3.8) is 0 Å². The molecule has 0 heterocycles. The molecule has 0 radical (unpaired) electrons. The minimum absolute atomic E-state index is 0.117. The molecule has 2 fully saturated rings. The molecule has 2 unspecified atom stereocenters. The molecule has 0 aromatic heterocycles. The lowest BCUT2D eigenvalue weighted by molar-refractivity contribution is 0.0391. The molecule has 4 rings (SSSR count). The summed E-state index contributed by atoms with van der Waals surface area (Å²) in [5.41, 5.74) is 1.28. The Balaban J connectivity index is 2.26. The summed E-state index contributed by atoms with van der Waals surface area (Å²) in [6.45, 7) is 8.40. The summed E-state index contributed by atoms with van der Waals surface area (Å²) in [5.74, 6) is 1.16. The van der Waals surface area contributed by atoms with E-state index in [1.54, 1.807) is 0 Å².